The highest BCUT2D eigenvalue weighted by Gasteiger charge is 2.15. The van der Waals surface area contributed by atoms with Crippen molar-refractivity contribution in [2.45, 2.75) is 0 Å². The molecular formula is C19H14N4O2. The third-order valence-corrected chi connectivity index (χ3v) is 4.10. The Bertz CT molecular complexity index is 1130. The number of benzene rings is 2. The Labute approximate surface area is 142 Å². The van der Waals surface area contributed by atoms with Crippen molar-refractivity contribution in [3.05, 3.63) is 82.9 Å². The molecule has 25 heavy (non-hydrogen) atoms. The van der Waals surface area contributed by atoms with Crippen molar-refractivity contribution in [2.24, 2.45) is 5.73 Å². The number of amides is 1. The molecule has 2 aromatic carbocycles. The molecule has 0 bridgehead atoms. The van der Waals surface area contributed by atoms with E-state index in [2.05, 4.69) is 10.1 Å². The molecule has 2 aromatic heterocycles. The number of hydrogen-bond acceptors (Lipinski definition) is 3. The number of carbonyl (C=O) groups excluding carboxylic acids is 1. The summed E-state index contributed by atoms with van der Waals surface area (Å²) in [6, 6.07) is 16.3. The van der Waals surface area contributed by atoms with Crippen molar-refractivity contribution in [2.75, 3.05) is 0 Å². The maximum Gasteiger partial charge on any atom is 0.279 e. The Hall–Kier alpha value is -3.67. The molecular weight excluding hydrogens is 316 g/mol. The molecule has 0 spiro atoms. The molecule has 0 saturated heterocycles. The van der Waals surface area contributed by atoms with Crippen molar-refractivity contribution in [1.82, 2.24) is 14.8 Å². The fraction of sp³-hybridized carbons (Fsp3) is 0. The summed E-state index contributed by atoms with van der Waals surface area (Å²) in [5.41, 5.74) is 8.51. The first-order valence-electron chi connectivity index (χ1n) is 7.69. The standard InChI is InChI=1S/C19H14N4O2/c20-18(24)15-4-1-5-16-17(15)19(25)23(22-16)14-8-6-12(7-9-14)13-3-2-10-21-11-13/h1-11,22H,(H2,20,24). The van der Waals surface area contributed by atoms with Gasteiger partial charge in [0.25, 0.3) is 5.56 Å². The second-order valence-corrected chi connectivity index (χ2v) is 5.63. The number of fused-ring (bicyclic) bond motifs is 1. The first-order chi connectivity index (χ1) is 12.1. The van der Waals surface area contributed by atoms with Crippen molar-refractivity contribution in [1.29, 1.82) is 0 Å². The molecule has 0 atom stereocenters. The first kappa shape index (κ1) is 14.9. The number of aromatic amines is 1. The lowest BCUT2D eigenvalue weighted by molar-refractivity contribution is 0.100. The van der Waals surface area contributed by atoms with Crippen LogP contribution in [-0.2, 0) is 0 Å². The zero-order valence-electron chi connectivity index (χ0n) is 13.1. The van der Waals surface area contributed by atoms with Crippen LogP contribution in [0.5, 0.6) is 0 Å². The number of hydrogen-bond donors (Lipinski definition) is 2. The largest absolute Gasteiger partial charge is 0.366 e. The SMILES string of the molecule is NC(=O)c1cccc2[nH]n(-c3ccc(-c4cccnc4)cc3)c(=O)c12. The molecule has 0 aliphatic carbocycles. The Kier molecular flexibility index (Phi) is 3.43. The van der Waals surface area contributed by atoms with Crippen molar-refractivity contribution in [3.63, 3.8) is 0 Å². The van der Waals surface area contributed by atoms with Crippen molar-refractivity contribution in [3.8, 4) is 16.8 Å². The number of nitrogens with zero attached hydrogens (tertiary/aromatic N) is 2. The molecule has 0 radical (unpaired) electrons. The second-order valence-electron chi connectivity index (χ2n) is 5.63. The van der Waals surface area contributed by atoms with Gasteiger partial charge in [0.05, 0.1) is 22.2 Å². The van der Waals surface area contributed by atoms with Crippen LogP contribution in [0.15, 0.2) is 71.8 Å². The summed E-state index contributed by atoms with van der Waals surface area (Å²) in [4.78, 5) is 28.4. The number of pyridine rings is 1. The third kappa shape index (κ3) is 2.49. The number of nitrogens with one attached hydrogen (secondary N) is 1. The smallest absolute Gasteiger partial charge is 0.279 e. The molecule has 1 amide bonds. The highest BCUT2D eigenvalue weighted by Crippen LogP contribution is 2.20. The summed E-state index contributed by atoms with van der Waals surface area (Å²) < 4.78 is 1.41. The molecule has 0 aliphatic heterocycles. The Balaban J connectivity index is 1.83. The summed E-state index contributed by atoms with van der Waals surface area (Å²) in [6.45, 7) is 0. The van der Waals surface area contributed by atoms with Gasteiger partial charge in [-0.15, -0.1) is 0 Å². The minimum Gasteiger partial charge on any atom is -0.366 e. The number of nitrogens with two attached hydrogens (primary N) is 1. The van der Waals surface area contributed by atoms with Gasteiger partial charge < -0.3 is 5.73 Å². The fourth-order valence-corrected chi connectivity index (χ4v) is 2.88. The first-order valence-corrected chi connectivity index (χ1v) is 7.69. The minimum atomic E-state index is -0.624. The lowest BCUT2D eigenvalue weighted by Crippen LogP contribution is -2.18. The van der Waals surface area contributed by atoms with Crippen LogP contribution in [0.25, 0.3) is 27.7 Å². The molecule has 0 aliphatic rings. The van der Waals surface area contributed by atoms with Crippen molar-refractivity contribution >= 4 is 16.8 Å². The van der Waals surface area contributed by atoms with Gasteiger partial charge in [-0.2, -0.15) is 0 Å². The highest BCUT2D eigenvalue weighted by molar-refractivity contribution is 6.05. The second kappa shape index (κ2) is 5.76. The van der Waals surface area contributed by atoms with Gasteiger partial charge in [0.15, 0.2) is 0 Å². The molecule has 4 rings (SSSR count). The van der Waals surface area contributed by atoms with E-state index in [1.54, 1.807) is 30.6 Å². The monoisotopic (exact) mass is 330 g/mol. The summed E-state index contributed by atoms with van der Waals surface area (Å²) in [7, 11) is 0. The minimum absolute atomic E-state index is 0.212. The molecule has 0 saturated carbocycles. The average Bonchev–Trinajstić information content (AvgIpc) is 2.99. The molecule has 6 heteroatoms. The topological polar surface area (TPSA) is 93.8 Å². The highest BCUT2D eigenvalue weighted by atomic mass is 16.1. The normalized spacial score (nSPS) is 10.9. The lowest BCUT2D eigenvalue weighted by Gasteiger charge is -2.04. The number of rotatable bonds is 3. The third-order valence-electron chi connectivity index (χ3n) is 4.10. The van der Waals surface area contributed by atoms with Gasteiger partial charge in [-0.25, -0.2) is 4.68 Å². The number of primary amides is 1. The Morgan fingerprint density at radius 1 is 1.00 bits per heavy atom. The van der Waals surface area contributed by atoms with Gasteiger partial charge in [-0.1, -0.05) is 24.3 Å². The summed E-state index contributed by atoms with van der Waals surface area (Å²) in [6.07, 6.45) is 3.50. The molecule has 3 N–H and O–H groups in total. The van der Waals surface area contributed by atoms with Crippen LogP contribution >= 0.6 is 0 Å². The number of H-pyrrole nitrogens is 1. The van der Waals surface area contributed by atoms with E-state index in [-0.39, 0.29) is 11.1 Å². The van der Waals surface area contributed by atoms with E-state index in [1.807, 2.05) is 36.4 Å². The van der Waals surface area contributed by atoms with E-state index in [0.29, 0.717) is 16.6 Å². The van der Waals surface area contributed by atoms with Crippen LogP contribution < -0.4 is 11.3 Å². The van der Waals surface area contributed by atoms with Gasteiger partial charge in [0.1, 0.15) is 0 Å². The van der Waals surface area contributed by atoms with E-state index in [0.717, 1.165) is 11.1 Å². The summed E-state index contributed by atoms with van der Waals surface area (Å²) in [5, 5.41) is 3.32. The van der Waals surface area contributed by atoms with E-state index in [9.17, 15) is 9.59 Å². The van der Waals surface area contributed by atoms with E-state index >= 15 is 0 Å². The van der Waals surface area contributed by atoms with E-state index in [4.69, 9.17) is 5.73 Å². The van der Waals surface area contributed by atoms with Crippen LogP contribution in [0.4, 0.5) is 0 Å². The number of carbonyl (C=O) groups is 1. The van der Waals surface area contributed by atoms with Crippen LogP contribution in [0.2, 0.25) is 0 Å². The molecule has 0 unspecified atom stereocenters. The molecule has 0 fully saturated rings. The Morgan fingerprint density at radius 2 is 1.80 bits per heavy atom. The van der Waals surface area contributed by atoms with Gasteiger partial charge in [0, 0.05) is 12.4 Å². The van der Waals surface area contributed by atoms with Gasteiger partial charge >= 0.3 is 0 Å². The van der Waals surface area contributed by atoms with Crippen LogP contribution in [0.3, 0.4) is 0 Å². The Morgan fingerprint density at radius 3 is 2.48 bits per heavy atom. The predicted molar refractivity (Wildman–Crippen MR) is 95.6 cm³/mol. The molecule has 4 aromatic rings. The maximum atomic E-state index is 12.7. The quantitative estimate of drug-likeness (QED) is 0.604. The van der Waals surface area contributed by atoms with Gasteiger partial charge in [-0.05, 0) is 41.5 Å². The number of aromatic nitrogens is 3. The summed E-state index contributed by atoms with van der Waals surface area (Å²) >= 11 is 0. The maximum absolute atomic E-state index is 12.7. The van der Waals surface area contributed by atoms with Crippen LogP contribution in [0, 0.1) is 0 Å². The average molecular weight is 330 g/mol. The van der Waals surface area contributed by atoms with Crippen LogP contribution in [-0.4, -0.2) is 20.7 Å². The lowest BCUT2D eigenvalue weighted by atomic mass is 10.1. The van der Waals surface area contributed by atoms with Gasteiger partial charge in [-0.3, -0.25) is 19.7 Å². The van der Waals surface area contributed by atoms with Crippen molar-refractivity contribution < 1.29 is 4.79 Å². The molecule has 6 nitrogen and oxygen atoms in total. The predicted octanol–water partition coefficient (Wildman–Crippen LogP) is 2.48. The van der Waals surface area contributed by atoms with Gasteiger partial charge in [0.2, 0.25) is 5.91 Å². The van der Waals surface area contributed by atoms with E-state index < -0.39 is 5.91 Å². The molecule has 2 heterocycles. The summed E-state index contributed by atoms with van der Waals surface area (Å²) in [5.74, 6) is -0.624. The van der Waals surface area contributed by atoms with E-state index in [1.165, 1.54) is 4.68 Å². The van der Waals surface area contributed by atoms with Crippen LogP contribution in [0.1, 0.15) is 10.4 Å². The molecule has 122 valence electrons. The fourth-order valence-electron chi connectivity index (χ4n) is 2.88. The zero-order valence-corrected chi connectivity index (χ0v) is 13.1. The zero-order chi connectivity index (χ0) is 17.4.